The van der Waals surface area contributed by atoms with Gasteiger partial charge in [0, 0.05) is 32.2 Å². The Balaban J connectivity index is 1.92. The SMILES string of the molecule is CC(C)CNc1cc(N(C)CC2CCCN2)ncn1. The van der Waals surface area contributed by atoms with Gasteiger partial charge in [0.25, 0.3) is 0 Å². The summed E-state index contributed by atoms with van der Waals surface area (Å²) < 4.78 is 0. The lowest BCUT2D eigenvalue weighted by molar-refractivity contribution is 0.597. The minimum absolute atomic E-state index is 0.590. The molecular weight excluding hydrogens is 238 g/mol. The number of nitrogens with zero attached hydrogens (tertiary/aromatic N) is 3. The minimum Gasteiger partial charge on any atom is -0.370 e. The first kappa shape index (κ1) is 14.1. The lowest BCUT2D eigenvalue weighted by Crippen LogP contribution is -2.35. The lowest BCUT2D eigenvalue weighted by Gasteiger charge is -2.22. The van der Waals surface area contributed by atoms with Crippen LogP contribution in [0.5, 0.6) is 0 Å². The Morgan fingerprint density at radius 2 is 2.32 bits per heavy atom. The van der Waals surface area contributed by atoms with Crippen LogP contribution in [0.15, 0.2) is 12.4 Å². The van der Waals surface area contributed by atoms with Crippen LogP contribution in [0, 0.1) is 5.92 Å². The van der Waals surface area contributed by atoms with Crippen LogP contribution in [0.25, 0.3) is 0 Å². The van der Waals surface area contributed by atoms with Gasteiger partial charge in [0.15, 0.2) is 0 Å². The average Bonchev–Trinajstić information content (AvgIpc) is 2.89. The quantitative estimate of drug-likeness (QED) is 0.818. The van der Waals surface area contributed by atoms with Crippen molar-refractivity contribution >= 4 is 11.6 Å². The van der Waals surface area contributed by atoms with Crippen LogP contribution in [-0.2, 0) is 0 Å². The van der Waals surface area contributed by atoms with E-state index in [-0.39, 0.29) is 0 Å². The molecule has 1 aromatic rings. The van der Waals surface area contributed by atoms with E-state index in [0.717, 1.165) is 31.3 Å². The molecule has 0 aromatic carbocycles. The van der Waals surface area contributed by atoms with Gasteiger partial charge < -0.3 is 15.5 Å². The number of aromatic nitrogens is 2. The fourth-order valence-electron chi connectivity index (χ4n) is 2.30. The fourth-order valence-corrected chi connectivity index (χ4v) is 2.30. The first-order chi connectivity index (χ1) is 9.15. The number of hydrogen-bond donors (Lipinski definition) is 2. The van der Waals surface area contributed by atoms with Gasteiger partial charge in [-0.2, -0.15) is 0 Å². The number of likely N-dealkylation sites (N-methyl/N-ethyl adjacent to an activating group) is 1. The fraction of sp³-hybridized carbons (Fsp3) is 0.714. The highest BCUT2D eigenvalue weighted by Crippen LogP contribution is 2.15. The molecular formula is C14H25N5. The average molecular weight is 263 g/mol. The third kappa shape index (κ3) is 4.35. The summed E-state index contributed by atoms with van der Waals surface area (Å²) in [5.74, 6) is 2.50. The van der Waals surface area contributed by atoms with Gasteiger partial charge in [0.1, 0.15) is 18.0 Å². The van der Waals surface area contributed by atoms with Crippen LogP contribution in [-0.4, -0.2) is 42.7 Å². The van der Waals surface area contributed by atoms with Crippen molar-refractivity contribution in [1.82, 2.24) is 15.3 Å². The Kier molecular flexibility index (Phi) is 4.96. The second-order valence-electron chi connectivity index (χ2n) is 5.71. The molecule has 1 saturated heterocycles. The van der Waals surface area contributed by atoms with E-state index in [9.17, 15) is 0 Å². The van der Waals surface area contributed by atoms with Crippen molar-refractivity contribution in [3.63, 3.8) is 0 Å². The summed E-state index contributed by atoms with van der Waals surface area (Å²) in [5.41, 5.74) is 0. The van der Waals surface area contributed by atoms with Crippen LogP contribution < -0.4 is 15.5 Å². The summed E-state index contributed by atoms with van der Waals surface area (Å²) in [6.45, 7) is 7.45. The van der Waals surface area contributed by atoms with Crippen molar-refractivity contribution in [2.45, 2.75) is 32.7 Å². The van der Waals surface area contributed by atoms with Gasteiger partial charge in [-0.1, -0.05) is 13.8 Å². The molecule has 0 aliphatic carbocycles. The molecule has 0 bridgehead atoms. The Morgan fingerprint density at radius 1 is 1.47 bits per heavy atom. The largest absolute Gasteiger partial charge is 0.370 e. The predicted octanol–water partition coefficient (Wildman–Crippen LogP) is 1.73. The van der Waals surface area contributed by atoms with Crippen molar-refractivity contribution in [3.8, 4) is 0 Å². The van der Waals surface area contributed by atoms with E-state index in [2.05, 4.69) is 46.4 Å². The summed E-state index contributed by atoms with van der Waals surface area (Å²) in [4.78, 5) is 10.8. The summed E-state index contributed by atoms with van der Waals surface area (Å²) in [5, 5.41) is 6.85. The van der Waals surface area contributed by atoms with Gasteiger partial charge in [-0.3, -0.25) is 0 Å². The van der Waals surface area contributed by atoms with E-state index < -0.39 is 0 Å². The number of rotatable bonds is 6. The highest BCUT2D eigenvalue weighted by molar-refractivity contribution is 5.48. The molecule has 5 heteroatoms. The monoisotopic (exact) mass is 263 g/mol. The smallest absolute Gasteiger partial charge is 0.133 e. The molecule has 1 unspecified atom stereocenters. The van der Waals surface area contributed by atoms with Crippen LogP contribution in [0.2, 0.25) is 0 Å². The second-order valence-corrected chi connectivity index (χ2v) is 5.71. The van der Waals surface area contributed by atoms with Crippen molar-refractivity contribution < 1.29 is 0 Å². The molecule has 0 radical (unpaired) electrons. The molecule has 5 nitrogen and oxygen atoms in total. The maximum Gasteiger partial charge on any atom is 0.133 e. The van der Waals surface area contributed by atoms with E-state index in [1.807, 2.05) is 6.07 Å². The van der Waals surface area contributed by atoms with E-state index in [0.29, 0.717) is 12.0 Å². The first-order valence-electron chi connectivity index (χ1n) is 7.15. The summed E-state index contributed by atoms with van der Waals surface area (Å²) in [7, 11) is 2.09. The molecule has 0 saturated carbocycles. The zero-order valence-electron chi connectivity index (χ0n) is 12.2. The first-order valence-corrected chi connectivity index (χ1v) is 7.15. The van der Waals surface area contributed by atoms with E-state index in [4.69, 9.17) is 0 Å². The third-order valence-electron chi connectivity index (χ3n) is 3.39. The van der Waals surface area contributed by atoms with Crippen LogP contribution >= 0.6 is 0 Å². The van der Waals surface area contributed by atoms with Gasteiger partial charge in [-0.25, -0.2) is 9.97 Å². The van der Waals surface area contributed by atoms with Crippen molar-refractivity contribution in [3.05, 3.63) is 12.4 Å². The lowest BCUT2D eigenvalue weighted by atomic mass is 10.2. The molecule has 1 aromatic heterocycles. The zero-order chi connectivity index (χ0) is 13.7. The Morgan fingerprint density at radius 3 is 3.00 bits per heavy atom. The molecule has 2 N–H and O–H groups in total. The standard InChI is InChI=1S/C14H25N5/c1-11(2)8-16-13-7-14(18-10-17-13)19(3)9-12-5-4-6-15-12/h7,10-12,15H,4-6,8-9H2,1-3H3,(H,16,17,18). The topological polar surface area (TPSA) is 53.1 Å². The van der Waals surface area contributed by atoms with Gasteiger partial charge >= 0.3 is 0 Å². The van der Waals surface area contributed by atoms with Gasteiger partial charge in [0.05, 0.1) is 0 Å². The Bertz CT molecular complexity index is 387. The number of anilines is 2. The maximum atomic E-state index is 4.36. The van der Waals surface area contributed by atoms with Crippen LogP contribution in [0.1, 0.15) is 26.7 Å². The molecule has 0 spiro atoms. The van der Waals surface area contributed by atoms with Crippen molar-refractivity contribution in [2.24, 2.45) is 5.92 Å². The molecule has 0 amide bonds. The summed E-state index contributed by atoms with van der Waals surface area (Å²) in [6.07, 6.45) is 4.17. The Hall–Kier alpha value is -1.36. The van der Waals surface area contributed by atoms with Gasteiger partial charge in [0.2, 0.25) is 0 Å². The maximum absolute atomic E-state index is 4.36. The molecule has 1 atom stereocenters. The van der Waals surface area contributed by atoms with Crippen molar-refractivity contribution in [2.75, 3.05) is 36.9 Å². The molecule has 2 rings (SSSR count). The molecule has 1 aliphatic heterocycles. The van der Waals surface area contributed by atoms with E-state index >= 15 is 0 Å². The highest BCUT2D eigenvalue weighted by atomic mass is 15.2. The highest BCUT2D eigenvalue weighted by Gasteiger charge is 2.16. The third-order valence-corrected chi connectivity index (χ3v) is 3.39. The van der Waals surface area contributed by atoms with Gasteiger partial charge in [-0.15, -0.1) is 0 Å². The Labute approximate surface area is 115 Å². The zero-order valence-corrected chi connectivity index (χ0v) is 12.2. The summed E-state index contributed by atoms with van der Waals surface area (Å²) in [6, 6.07) is 2.61. The van der Waals surface area contributed by atoms with Crippen LogP contribution in [0.3, 0.4) is 0 Å². The summed E-state index contributed by atoms with van der Waals surface area (Å²) >= 11 is 0. The van der Waals surface area contributed by atoms with Gasteiger partial charge in [-0.05, 0) is 25.3 Å². The van der Waals surface area contributed by atoms with E-state index in [1.165, 1.54) is 12.8 Å². The van der Waals surface area contributed by atoms with Crippen LogP contribution in [0.4, 0.5) is 11.6 Å². The number of hydrogen-bond acceptors (Lipinski definition) is 5. The predicted molar refractivity (Wildman–Crippen MR) is 79.7 cm³/mol. The number of nitrogens with one attached hydrogen (secondary N) is 2. The van der Waals surface area contributed by atoms with E-state index in [1.54, 1.807) is 6.33 Å². The molecule has 1 aliphatic rings. The van der Waals surface area contributed by atoms with Crippen molar-refractivity contribution in [1.29, 1.82) is 0 Å². The minimum atomic E-state index is 0.590. The molecule has 106 valence electrons. The second kappa shape index (κ2) is 6.70. The molecule has 1 fully saturated rings. The molecule has 2 heterocycles. The normalized spacial score (nSPS) is 18.8. The molecule has 19 heavy (non-hydrogen) atoms.